The number of benzene rings is 1. The van der Waals surface area contributed by atoms with Crippen molar-refractivity contribution in [2.45, 2.75) is 9.79 Å². The van der Waals surface area contributed by atoms with Crippen molar-refractivity contribution in [2.24, 2.45) is 0 Å². The van der Waals surface area contributed by atoms with Gasteiger partial charge in [-0.15, -0.1) is 0 Å². The van der Waals surface area contributed by atoms with Gasteiger partial charge < -0.3 is 14.6 Å². The van der Waals surface area contributed by atoms with Crippen LogP contribution >= 0.6 is 11.8 Å². The molecule has 0 unspecified atom stereocenters. The minimum atomic E-state index is -1.56. The molecule has 0 amide bonds. The first-order chi connectivity index (χ1) is 9.58. The summed E-state index contributed by atoms with van der Waals surface area (Å²) in [6, 6.07) is 9.34. The molecule has 102 valence electrons. The number of aliphatic hydroxyl groups is 1. The smallest absolute Gasteiger partial charge is 0.371 e. The van der Waals surface area contributed by atoms with E-state index >= 15 is 0 Å². The molecule has 2 rings (SSSR count). The van der Waals surface area contributed by atoms with Crippen molar-refractivity contribution >= 4 is 23.5 Å². The Morgan fingerprint density at radius 1 is 1.10 bits per heavy atom. The SMILES string of the molecule is O=C(O)/C(O)=C/C(=O)c1cocc1Sc1ccccc1. The van der Waals surface area contributed by atoms with E-state index in [9.17, 15) is 9.59 Å². The van der Waals surface area contributed by atoms with E-state index in [1.54, 1.807) is 0 Å². The van der Waals surface area contributed by atoms with Crippen molar-refractivity contribution in [1.82, 2.24) is 0 Å². The molecule has 0 aliphatic heterocycles. The molecule has 5 nitrogen and oxygen atoms in total. The number of furan rings is 1. The Labute approximate surface area is 118 Å². The second kappa shape index (κ2) is 6.12. The predicted molar refractivity (Wildman–Crippen MR) is 72.0 cm³/mol. The van der Waals surface area contributed by atoms with Crippen LogP contribution in [0.1, 0.15) is 10.4 Å². The molecule has 1 aromatic carbocycles. The Balaban J connectivity index is 2.23. The normalized spacial score (nSPS) is 11.3. The van der Waals surface area contributed by atoms with Crippen LogP contribution < -0.4 is 0 Å². The first kappa shape index (κ1) is 14.0. The number of hydrogen-bond donors (Lipinski definition) is 2. The summed E-state index contributed by atoms with van der Waals surface area (Å²) in [5.41, 5.74) is 0.201. The third-order valence-electron chi connectivity index (χ3n) is 2.35. The summed E-state index contributed by atoms with van der Waals surface area (Å²) in [5, 5.41) is 17.6. The number of carbonyl (C=O) groups excluding carboxylic acids is 1. The number of aliphatic hydroxyl groups excluding tert-OH is 1. The van der Waals surface area contributed by atoms with Gasteiger partial charge in [0.2, 0.25) is 5.76 Å². The number of aliphatic carboxylic acids is 1. The monoisotopic (exact) mass is 290 g/mol. The zero-order chi connectivity index (χ0) is 14.5. The molecule has 1 heterocycles. The van der Waals surface area contributed by atoms with E-state index in [1.807, 2.05) is 30.3 Å². The van der Waals surface area contributed by atoms with Crippen molar-refractivity contribution in [2.75, 3.05) is 0 Å². The molecule has 2 N–H and O–H groups in total. The third-order valence-corrected chi connectivity index (χ3v) is 3.39. The van der Waals surface area contributed by atoms with Gasteiger partial charge >= 0.3 is 5.97 Å². The largest absolute Gasteiger partial charge is 0.502 e. The maximum absolute atomic E-state index is 11.9. The molecular weight excluding hydrogens is 280 g/mol. The van der Waals surface area contributed by atoms with Gasteiger partial charge in [0.05, 0.1) is 10.5 Å². The number of hydrogen-bond acceptors (Lipinski definition) is 5. The molecule has 0 saturated heterocycles. The highest BCUT2D eigenvalue weighted by Gasteiger charge is 2.16. The maximum Gasteiger partial charge on any atom is 0.371 e. The van der Waals surface area contributed by atoms with Crippen LogP contribution in [-0.2, 0) is 4.79 Å². The summed E-state index contributed by atoms with van der Waals surface area (Å²) < 4.78 is 4.98. The fourth-order valence-electron chi connectivity index (χ4n) is 1.42. The zero-order valence-electron chi connectivity index (χ0n) is 10.1. The maximum atomic E-state index is 11.9. The van der Waals surface area contributed by atoms with Gasteiger partial charge in [-0.25, -0.2) is 4.79 Å². The van der Waals surface area contributed by atoms with Crippen LogP contribution in [0, 0.1) is 0 Å². The molecule has 2 aromatic rings. The van der Waals surface area contributed by atoms with E-state index in [2.05, 4.69) is 0 Å². The molecule has 1 aromatic heterocycles. The Bertz CT molecular complexity index is 657. The second-order valence-electron chi connectivity index (χ2n) is 3.76. The molecule has 0 spiro atoms. The topological polar surface area (TPSA) is 87.7 Å². The van der Waals surface area contributed by atoms with E-state index in [4.69, 9.17) is 14.6 Å². The van der Waals surface area contributed by atoms with Crippen molar-refractivity contribution in [1.29, 1.82) is 0 Å². The van der Waals surface area contributed by atoms with Crippen LogP contribution in [0.2, 0.25) is 0 Å². The van der Waals surface area contributed by atoms with Gasteiger partial charge in [0.1, 0.15) is 12.5 Å². The predicted octanol–water partition coefficient (Wildman–Crippen LogP) is 3.14. The van der Waals surface area contributed by atoms with Crippen molar-refractivity contribution in [3.63, 3.8) is 0 Å². The van der Waals surface area contributed by atoms with Gasteiger partial charge in [0.25, 0.3) is 0 Å². The lowest BCUT2D eigenvalue weighted by Crippen LogP contribution is -2.03. The Morgan fingerprint density at radius 3 is 2.45 bits per heavy atom. The summed E-state index contributed by atoms with van der Waals surface area (Å²) >= 11 is 1.31. The van der Waals surface area contributed by atoms with Crippen LogP contribution in [0.5, 0.6) is 0 Å². The summed E-state index contributed by atoms with van der Waals surface area (Å²) in [6.45, 7) is 0. The van der Waals surface area contributed by atoms with E-state index in [-0.39, 0.29) is 5.56 Å². The lowest BCUT2D eigenvalue weighted by molar-refractivity contribution is -0.135. The fraction of sp³-hybridized carbons (Fsp3) is 0. The molecule has 0 fully saturated rings. The van der Waals surface area contributed by atoms with Crippen molar-refractivity contribution in [3.05, 3.63) is 60.3 Å². The highest BCUT2D eigenvalue weighted by Crippen LogP contribution is 2.31. The number of carboxylic acids is 1. The van der Waals surface area contributed by atoms with Crippen molar-refractivity contribution < 1.29 is 24.2 Å². The average Bonchev–Trinajstić information content (AvgIpc) is 2.88. The van der Waals surface area contributed by atoms with E-state index < -0.39 is 17.5 Å². The van der Waals surface area contributed by atoms with Crippen LogP contribution in [0.25, 0.3) is 0 Å². The molecule has 0 aliphatic rings. The van der Waals surface area contributed by atoms with Crippen molar-refractivity contribution in [3.8, 4) is 0 Å². The molecule has 0 saturated carbocycles. The van der Waals surface area contributed by atoms with Crippen LogP contribution in [0.4, 0.5) is 0 Å². The van der Waals surface area contributed by atoms with Crippen LogP contribution in [0.15, 0.2) is 68.9 Å². The number of allylic oxidation sites excluding steroid dienone is 1. The number of carboxylic acid groups (broad SMARTS) is 1. The van der Waals surface area contributed by atoms with E-state index in [1.165, 1.54) is 24.3 Å². The molecule has 6 heteroatoms. The number of ketones is 1. The molecule has 0 aliphatic carbocycles. The van der Waals surface area contributed by atoms with Gasteiger partial charge in [-0.05, 0) is 12.1 Å². The lowest BCUT2D eigenvalue weighted by atomic mass is 10.2. The highest BCUT2D eigenvalue weighted by molar-refractivity contribution is 7.99. The summed E-state index contributed by atoms with van der Waals surface area (Å²) in [5.74, 6) is -3.19. The molecule has 0 atom stereocenters. The zero-order valence-corrected chi connectivity index (χ0v) is 11.0. The quantitative estimate of drug-likeness (QED) is 0.499. The third kappa shape index (κ3) is 3.30. The molecule has 0 bridgehead atoms. The molecular formula is C14H10O5S. The first-order valence-electron chi connectivity index (χ1n) is 5.55. The van der Waals surface area contributed by atoms with E-state index in [0.717, 1.165) is 4.90 Å². The number of rotatable bonds is 5. The van der Waals surface area contributed by atoms with Gasteiger partial charge in [-0.3, -0.25) is 4.79 Å². The minimum absolute atomic E-state index is 0.201. The average molecular weight is 290 g/mol. The molecule has 20 heavy (non-hydrogen) atoms. The second-order valence-corrected chi connectivity index (χ2v) is 4.88. The lowest BCUT2D eigenvalue weighted by Gasteiger charge is -2.00. The van der Waals surface area contributed by atoms with Gasteiger partial charge in [0.15, 0.2) is 5.78 Å². The molecule has 0 radical (unpaired) electrons. The first-order valence-corrected chi connectivity index (χ1v) is 6.37. The summed E-state index contributed by atoms with van der Waals surface area (Å²) in [6.07, 6.45) is 3.28. The Hall–Kier alpha value is -2.47. The Kier molecular flexibility index (Phi) is 4.27. The standard InChI is InChI=1S/C14H10O5S/c15-11(6-12(16)14(17)18)10-7-19-8-13(10)20-9-4-2-1-3-5-9/h1-8,16H,(H,17,18)/b12-6-. The van der Waals surface area contributed by atoms with E-state index in [0.29, 0.717) is 11.0 Å². The summed E-state index contributed by atoms with van der Waals surface area (Å²) in [7, 11) is 0. The highest BCUT2D eigenvalue weighted by atomic mass is 32.2. The van der Waals surface area contributed by atoms with Crippen LogP contribution in [-0.4, -0.2) is 22.0 Å². The fourth-order valence-corrected chi connectivity index (χ4v) is 2.33. The minimum Gasteiger partial charge on any atom is -0.502 e. The van der Waals surface area contributed by atoms with Crippen LogP contribution in [0.3, 0.4) is 0 Å². The summed E-state index contributed by atoms with van der Waals surface area (Å²) in [4.78, 5) is 23.8. The van der Waals surface area contributed by atoms with Gasteiger partial charge in [-0.2, -0.15) is 0 Å². The number of carbonyl (C=O) groups is 2. The Morgan fingerprint density at radius 2 is 1.80 bits per heavy atom. The van der Waals surface area contributed by atoms with Gasteiger partial charge in [0, 0.05) is 11.0 Å². The van der Waals surface area contributed by atoms with Gasteiger partial charge in [-0.1, -0.05) is 30.0 Å².